The Morgan fingerprint density at radius 2 is 2.22 bits per heavy atom. The van der Waals surface area contributed by atoms with Crippen LogP contribution in [-0.4, -0.2) is 10.2 Å². The number of hydrogen-bond acceptors (Lipinski definition) is 5. The minimum Gasteiger partial charge on any atom is -0.466 e. The molecule has 32 heavy (non-hydrogen) atoms. The first-order valence-electron chi connectivity index (χ1n) is 11.6. The van der Waals surface area contributed by atoms with E-state index in [-0.39, 0.29) is 5.82 Å². The third-order valence-corrected chi connectivity index (χ3v) is 7.15. The monoisotopic (exact) mass is 456 g/mol. The molecule has 5 nitrogen and oxygen atoms in total. The van der Waals surface area contributed by atoms with Crippen molar-refractivity contribution in [1.82, 2.24) is 14.9 Å². The van der Waals surface area contributed by atoms with Gasteiger partial charge >= 0.3 is 0 Å². The minimum absolute atomic E-state index is 0.207. The Hall–Kier alpha value is -2.25. The maximum Gasteiger partial charge on any atom is 0.152 e. The van der Waals surface area contributed by atoms with E-state index in [4.69, 9.17) is 4.74 Å². The van der Waals surface area contributed by atoms with Crippen molar-refractivity contribution >= 4 is 23.5 Å². The zero-order valence-corrected chi connectivity index (χ0v) is 20.1. The van der Waals surface area contributed by atoms with Gasteiger partial charge in [0.1, 0.15) is 11.5 Å². The summed E-state index contributed by atoms with van der Waals surface area (Å²) in [6.07, 6.45) is 8.46. The maximum absolute atomic E-state index is 14.8. The number of hydrogen-bond donors (Lipinski definition) is 3. The van der Waals surface area contributed by atoms with E-state index in [1.807, 2.05) is 19.1 Å². The van der Waals surface area contributed by atoms with E-state index in [1.54, 1.807) is 6.07 Å². The number of aromatic nitrogens is 2. The van der Waals surface area contributed by atoms with Gasteiger partial charge in [0.15, 0.2) is 11.6 Å². The third kappa shape index (κ3) is 4.89. The van der Waals surface area contributed by atoms with Gasteiger partial charge in [0, 0.05) is 46.5 Å². The fourth-order valence-electron chi connectivity index (χ4n) is 4.56. The van der Waals surface area contributed by atoms with Gasteiger partial charge in [-0.2, -0.15) is 5.10 Å². The fourth-order valence-corrected chi connectivity index (χ4v) is 5.35. The molecule has 2 heterocycles. The van der Waals surface area contributed by atoms with Crippen LogP contribution in [0.1, 0.15) is 70.6 Å². The Labute approximate surface area is 194 Å². The fraction of sp³-hybridized carbons (Fsp3) is 0.480. The number of nitrogens with zero attached hydrogens (tertiary/aromatic N) is 1. The van der Waals surface area contributed by atoms with Crippen molar-refractivity contribution in [3.63, 3.8) is 0 Å². The highest BCUT2D eigenvalue weighted by Gasteiger charge is 2.31. The molecular formula is C25H33FN4OS. The van der Waals surface area contributed by atoms with E-state index in [1.165, 1.54) is 11.9 Å². The molecule has 0 bridgehead atoms. The largest absolute Gasteiger partial charge is 0.466 e. The maximum atomic E-state index is 14.8. The van der Waals surface area contributed by atoms with Crippen molar-refractivity contribution in [2.75, 3.05) is 5.32 Å². The summed E-state index contributed by atoms with van der Waals surface area (Å²) in [7, 11) is 0. The van der Waals surface area contributed by atoms with Crippen LogP contribution >= 0.6 is 11.9 Å². The molecule has 2 atom stereocenters. The van der Waals surface area contributed by atoms with E-state index in [0.29, 0.717) is 41.4 Å². The van der Waals surface area contributed by atoms with Crippen molar-refractivity contribution in [3.05, 3.63) is 58.9 Å². The molecule has 1 saturated carbocycles. The summed E-state index contributed by atoms with van der Waals surface area (Å²) in [5.41, 5.74) is 2.27. The number of H-pyrrole nitrogens is 1. The Morgan fingerprint density at radius 1 is 1.38 bits per heavy atom. The summed E-state index contributed by atoms with van der Waals surface area (Å²) < 4.78 is 24.2. The average molecular weight is 457 g/mol. The predicted octanol–water partition coefficient (Wildman–Crippen LogP) is 7.16. The first-order valence-corrected chi connectivity index (χ1v) is 12.4. The second-order valence-corrected chi connectivity index (χ2v) is 9.76. The van der Waals surface area contributed by atoms with Crippen molar-refractivity contribution in [2.45, 2.75) is 70.7 Å². The molecule has 0 saturated heterocycles. The topological polar surface area (TPSA) is 62.0 Å². The van der Waals surface area contributed by atoms with Crippen molar-refractivity contribution in [1.29, 1.82) is 0 Å². The van der Waals surface area contributed by atoms with Gasteiger partial charge in [0.25, 0.3) is 0 Å². The van der Waals surface area contributed by atoms with Crippen LogP contribution in [0.4, 0.5) is 15.9 Å². The predicted molar refractivity (Wildman–Crippen MR) is 129 cm³/mol. The summed E-state index contributed by atoms with van der Waals surface area (Å²) in [5, 5.41) is 10.7. The van der Waals surface area contributed by atoms with Crippen molar-refractivity contribution in [3.8, 4) is 0 Å². The number of aromatic amines is 1. The molecule has 1 fully saturated rings. The van der Waals surface area contributed by atoms with Crippen LogP contribution in [0, 0.1) is 17.7 Å². The van der Waals surface area contributed by atoms with Gasteiger partial charge in [-0.1, -0.05) is 20.8 Å². The Kier molecular flexibility index (Phi) is 7.26. The van der Waals surface area contributed by atoms with Gasteiger partial charge < -0.3 is 10.1 Å². The number of fused-ring (bicyclic) bond motifs is 1. The molecule has 0 spiro atoms. The van der Waals surface area contributed by atoms with Crippen LogP contribution < -0.4 is 10.0 Å². The first-order chi connectivity index (χ1) is 15.5. The van der Waals surface area contributed by atoms with Gasteiger partial charge in [-0.25, -0.2) is 4.39 Å². The lowest BCUT2D eigenvalue weighted by Gasteiger charge is -2.20. The quantitative estimate of drug-likeness (QED) is 0.291. The molecule has 1 aromatic heterocycles. The van der Waals surface area contributed by atoms with Gasteiger partial charge in [-0.3, -0.25) is 9.82 Å². The standard InChI is InChI=1S/C25H33FN4OS/c1-5-7-22(31-21(6-2)15(3)4)17-9-8-16(12-17)20-13-24(30-29-20)28-19-10-11-23-18(25(19)26)14-27-32-23/h6-7,10-11,13,15-17,27H,5,8-9,12,14H2,1-4H3,(H2,28,29,30)/b21-6-,22-7+. The highest BCUT2D eigenvalue weighted by atomic mass is 32.2. The van der Waals surface area contributed by atoms with Gasteiger partial charge in [-0.05, 0) is 68.8 Å². The molecule has 3 N–H and O–H groups in total. The Balaban J connectivity index is 1.42. The second-order valence-electron chi connectivity index (χ2n) is 8.83. The second kappa shape index (κ2) is 10.1. The summed E-state index contributed by atoms with van der Waals surface area (Å²) >= 11 is 1.47. The molecule has 1 aliphatic carbocycles. The van der Waals surface area contributed by atoms with E-state index in [2.05, 4.69) is 53.2 Å². The van der Waals surface area contributed by atoms with Crippen LogP contribution in [0.2, 0.25) is 0 Å². The van der Waals surface area contributed by atoms with Crippen molar-refractivity contribution < 1.29 is 9.13 Å². The van der Waals surface area contributed by atoms with Crippen LogP contribution in [0.25, 0.3) is 0 Å². The summed E-state index contributed by atoms with van der Waals surface area (Å²) in [4.78, 5) is 0.949. The molecule has 0 radical (unpaired) electrons. The van der Waals surface area contributed by atoms with E-state index < -0.39 is 0 Å². The van der Waals surface area contributed by atoms with E-state index >= 15 is 0 Å². The SMILES string of the molecule is C/C=C(\O/C(=C/CC)C1CCC(c2cc(Nc3ccc4c(c3F)CNS4)n[nH]2)C1)C(C)C. The molecule has 7 heteroatoms. The number of benzene rings is 1. The van der Waals surface area contributed by atoms with Crippen molar-refractivity contribution in [2.24, 2.45) is 11.8 Å². The highest BCUT2D eigenvalue weighted by molar-refractivity contribution is 7.97. The lowest BCUT2D eigenvalue weighted by Crippen LogP contribution is -2.07. The third-order valence-electron chi connectivity index (χ3n) is 6.26. The zero-order valence-electron chi connectivity index (χ0n) is 19.3. The number of anilines is 2. The van der Waals surface area contributed by atoms with Crippen LogP contribution in [0.15, 0.2) is 46.8 Å². The minimum atomic E-state index is -0.207. The molecule has 2 aliphatic rings. The molecule has 0 amide bonds. The van der Waals surface area contributed by atoms with Gasteiger partial charge in [-0.15, -0.1) is 0 Å². The number of halogens is 1. The normalized spacial score (nSPS) is 21.3. The average Bonchev–Trinajstić information content (AvgIpc) is 3.53. The lowest BCUT2D eigenvalue weighted by molar-refractivity contribution is 0.223. The number of rotatable bonds is 8. The molecule has 2 unspecified atom stereocenters. The van der Waals surface area contributed by atoms with Gasteiger partial charge in [0.05, 0.1) is 5.69 Å². The van der Waals surface area contributed by atoms with E-state index in [9.17, 15) is 4.39 Å². The molecule has 4 rings (SSSR count). The van der Waals surface area contributed by atoms with Crippen LogP contribution in [0.3, 0.4) is 0 Å². The summed E-state index contributed by atoms with van der Waals surface area (Å²) in [6.45, 7) is 9.05. The Morgan fingerprint density at radius 3 is 2.97 bits per heavy atom. The number of allylic oxidation sites excluding steroid dienone is 4. The smallest absolute Gasteiger partial charge is 0.152 e. The molecule has 172 valence electrons. The molecule has 1 aromatic carbocycles. The summed E-state index contributed by atoms with van der Waals surface area (Å²) in [6, 6.07) is 5.74. The highest BCUT2D eigenvalue weighted by Crippen LogP contribution is 2.43. The number of ether oxygens (including phenoxy) is 1. The van der Waals surface area contributed by atoms with Crippen LogP contribution in [-0.2, 0) is 11.3 Å². The molecule has 2 aromatic rings. The van der Waals surface area contributed by atoms with Crippen LogP contribution in [0.5, 0.6) is 0 Å². The Bertz CT molecular complexity index is 1010. The van der Waals surface area contributed by atoms with E-state index in [0.717, 1.165) is 47.8 Å². The number of nitrogens with one attached hydrogen (secondary N) is 3. The molecule has 1 aliphatic heterocycles. The zero-order chi connectivity index (χ0) is 22.7. The first kappa shape index (κ1) is 22.9. The van der Waals surface area contributed by atoms with Gasteiger partial charge in [0.2, 0.25) is 0 Å². The summed E-state index contributed by atoms with van der Waals surface area (Å²) in [5.74, 6) is 3.75. The molecular weight excluding hydrogens is 423 g/mol. The lowest BCUT2D eigenvalue weighted by atomic mass is 9.99.